The monoisotopic (exact) mass is 311 g/mol. The molecule has 1 aromatic heterocycles. The number of hydrogen-bond donors (Lipinski definition) is 2. The average Bonchev–Trinajstić information content (AvgIpc) is 2.87. The van der Waals surface area contributed by atoms with E-state index in [4.69, 9.17) is 4.74 Å². The molecule has 2 unspecified atom stereocenters. The zero-order chi connectivity index (χ0) is 15.1. The molecule has 1 aromatic rings. The molecule has 2 atom stereocenters. The summed E-state index contributed by atoms with van der Waals surface area (Å²) in [6.07, 6.45) is 3.70. The summed E-state index contributed by atoms with van der Waals surface area (Å²) in [5, 5.41) is 7.23. The van der Waals surface area contributed by atoms with Crippen LogP contribution in [-0.4, -0.2) is 45.1 Å². The Morgan fingerprint density at radius 1 is 1.14 bits per heavy atom. The van der Waals surface area contributed by atoms with Gasteiger partial charge in [-0.15, -0.1) is 0 Å². The molecule has 1 fully saturated rings. The molecule has 7 heteroatoms. The molecule has 0 radical (unpaired) electrons. The van der Waals surface area contributed by atoms with Crippen LogP contribution in [0.2, 0.25) is 0 Å². The molecule has 0 bridgehead atoms. The second-order valence-corrected chi connectivity index (χ2v) is 6.42. The van der Waals surface area contributed by atoms with E-state index in [1.165, 1.54) is 19.3 Å². The Bertz CT molecular complexity index is 421. The number of rotatable bonds is 8. The predicted octanol–water partition coefficient (Wildman–Crippen LogP) is 2.79. The smallest absolute Gasteiger partial charge is 0.323 e. The van der Waals surface area contributed by atoms with Crippen LogP contribution in [-0.2, 0) is 0 Å². The molecule has 0 saturated heterocycles. The fourth-order valence-corrected chi connectivity index (χ4v) is 3.72. The lowest BCUT2D eigenvalue weighted by Crippen LogP contribution is -2.27. The van der Waals surface area contributed by atoms with Crippen LogP contribution in [0.15, 0.2) is 0 Å². The van der Waals surface area contributed by atoms with Crippen molar-refractivity contribution in [2.45, 2.75) is 51.3 Å². The summed E-state index contributed by atoms with van der Waals surface area (Å²) in [6.45, 7) is 7.47. The number of nitrogens with zero attached hydrogens (tertiary/aromatic N) is 3. The van der Waals surface area contributed by atoms with Crippen molar-refractivity contribution < 1.29 is 4.74 Å². The van der Waals surface area contributed by atoms with Gasteiger partial charge in [-0.2, -0.15) is 26.7 Å². The Balaban J connectivity index is 2.10. The molecule has 2 rings (SSSR count). The maximum atomic E-state index is 5.42. The van der Waals surface area contributed by atoms with Crippen LogP contribution in [0.25, 0.3) is 0 Å². The molecule has 6 nitrogen and oxygen atoms in total. The summed E-state index contributed by atoms with van der Waals surface area (Å²) < 4.78 is 5.42. The van der Waals surface area contributed by atoms with Crippen molar-refractivity contribution in [3.63, 3.8) is 0 Å². The van der Waals surface area contributed by atoms with E-state index in [1.54, 1.807) is 0 Å². The number of anilines is 2. The zero-order valence-corrected chi connectivity index (χ0v) is 13.9. The van der Waals surface area contributed by atoms with Gasteiger partial charge in [-0.05, 0) is 32.4 Å². The van der Waals surface area contributed by atoms with Crippen LogP contribution in [0.5, 0.6) is 6.01 Å². The maximum absolute atomic E-state index is 5.42. The fourth-order valence-electron chi connectivity index (χ4n) is 2.52. The van der Waals surface area contributed by atoms with Gasteiger partial charge in [0.05, 0.1) is 6.61 Å². The summed E-state index contributed by atoms with van der Waals surface area (Å²) in [6, 6.07) is 0.810. The molecule has 1 aliphatic carbocycles. The number of thioether (sulfide) groups is 1. The molecule has 1 saturated carbocycles. The lowest BCUT2D eigenvalue weighted by Gasteiger charge is -2.20. The van der Waals surface area contributed by atoms with E-state index in [0.717, 1.165) is 12.3 Å². The average molecular weight is 311 g/mol. The van der Waals surface area contributed by atoms with Crippen LogP contribution >= 0.6 is 11.8 Å². The van der Waals surface area contributed by atoms with Crippen LogP contribution in [0.1, 0.15) is 40.0 Å². The molecule has 0 aliphatic heterocycles. The van der Waals surface area contributed by atoms with Crippen molar-refractivity contribution in [2.75, 3.05) is 29.5 Å². The Hall–Kier alpha value is -1.24. The van der Waals surface area contributed by atoms with Crippen molar-refractivity contribution in [1.29, 1.82) is 0 Å². The Labute approximate surface area is 130 Å². The van der Waals surface area contributed by atoms with Gasteiger partial charge in [0.25, 0.3) is 0 Å². The van der Waals surface area contributed by atoms with Crippen molar-refractivity contribution in [3.8, 4) is 6.01 Å². The van der Waals surface area contributed by atoms with Crippen molar-refractivity contribution in [2.24, 2.45) is 0 Å². The minimum absolute atomic E-state index is 0.378. The van der Waals surface area contributed by atoms with Gasteiger partial charge in [0, 0.05) is 17.8 Å². The third-order valence-corrected chi connectivity index (χ3v) is 4.70. The van der Waals surface area contributed by atoms with Crippen molar-refractivity contribution in [1.82, 2.24) is 15.0 Å². The van der Waals surface area contributed by atoms with E-state index in [9.17, 15) is 0 Å². The highest BCUT2D eigenvalue weighted by Crippen LogP contribution is 2.31. The van der Waals surface area contributed by atoms with Gasteiger partial charge in [-0.1, -0.05) is 13.3 Å². The first-order valence-electron chi connectivity index (χ1n) is 7.77. The Kier molecular flexibility index (Phi) is 6.35. The van der Waals surface area contributed by atoms with Crippen molar-refractivity contribution >= 4 is 23.7 Å². The minimum Gasteiger partial charge on any atom is -0.464 e. The fraction of sp³-hybridized carbons (Fsp3) is 0.786. The van der Waals surface area contributed by atoms with E-state index < -0.39 is 0 Å². The molecule has 1 aliphatic rings. The molecule has 21 heavy (non-hydrogen) atoms. The van der Waals surface area contributed by atoms with Gasteiger partial charge in [0.2, 0.25) is 11.9 Å². The summed E-state index contributed by atoms with van der Waals surface area (Å²) in [5.41, 5.74) is 0. The summed E-state index contributed by atoms with van der Waals surface area (Å²) in [5.74, 6) is 2.32. The highest BCUT2D eigenvalue weighted by atomic mass is 32.2. The summed E-state index contributed by atoms with van der Waals surface area (Å²) in [4.78, 5) is 13.0. The number of ether oxygens (including phenoxy) is 1. The van der Waals surface area contributed by atoms with Crippen LogP contribution in [0, 0.1) is 0 Å². The molecular formula is C14H25N5OS. The lowest BCUT2D eigenvalue weighted by atomic mass is 10.2. The quantitative estimate of drug-likeness (QED) is 0.765. The molecular weight excluding hydrogens is 286 g/mol. The topological polar surface area (TPSA) is 72.0 Å². The molecule has 0 aromatic carbocycles. The highest BCUT2D eigenvalue weighted by Gasteiger charge is 2.28. The third-order valence-electron chi connectivity index (χ3n) is 3.37. The molecule has 0 spiro atoms. The van der Waals surface area contributed by atoms with Gasteiger partial charge in [-0.25, -0.2) is 0 Å². The first-order chi connectivity index (χ1) is 10.3. The predicted molar refractivity (Wildman–Crippen MR) is 88.3 cm³/mol. The van der Waals surface area contributed by atoms with Gasteiger partial charge >= 0.3 is 6.01 Å². The Morgan fingerprint density at radius 2 is 1.95 bits per heavy atom. The third kappa shape index (κ3) is 4.62. The largest absolute Gasteiger partial charge is 0.464 e. The zero-order valence-electron chi connectivity index (χ0n) is 13.1. The van der Waals surface area contributed by atoms with Crippen LogP contribution in [0.3, 0.4) is 0 Å². The first-order valence-corrected chi connectivity index (χ1v) is 8.82. The van der Waals surface area contributed by atoms with E-state index in [2.05, 4.69) is 32.5 Å². The second-order valence-electron chi connectivity index (χ2n) is 4.90. The van der Waals surface area contributed by atoms with Gasteiger partial charge in [-0.3, -0.25) is 0 Å². The van der Waals surface area contributed by atoms with Gasteiger partial charge in [0.1, 0.15) is 0 Å². The second kappa shape index (κ2) is 8.26. The molecule has 1 heterocycles. The van der Waals surface area contributed by atoms with Crippen LogP contribution < -0.4 is 15.4 Å². The van der Waals surface area contributed by atoms with Crippen molar-refractivity contribution in [3.05, 3.63) is 0 Å². The maximum Gasteiger partial charge on any atom is 0.323 e. The van der Waals surface area contributed by atoms with E-state index in [-0.39, 0.29) is 0 Å². The molecule has 118 valence electrons. The SMILES string of the molecule is CCNc1nc(NC2CCCC2SCC)nc(OCC)n1. The van der Waals surface area contributed by atoms with Crippen LogP contribution in [0.4, 0.5) is 11.9 Å². The standard InChI is InChI=1S/C14H25N5OS/c1-4-15-12-17-13(19-14(18-12)20-5-2)16-10-8-7-9-11(10)21-6-3/h10-11H,4-9H2,1-3H3,(H2,15,16,17,18,19). The summed E-state index contributed by atoms with van der Waals surface area (Å²) >= 11 is 2.01. The molecule has 2 N–H and O–H groups in total. The van der Waals surface area contributed by atoms with Gasteiger partial charge in [0.15, 0.2) is 0 Å². The number of aromatic nitrogens is 3. The normalized spacial score (nSPS) is 21.3. The van der Waals surface area contributed by atoms with E-state index in [0.29, 0.717) is 35.8 Å². The summed E-state index contributed by atoms with van der Waals surface area (Å²) in [7, 11) is 0. The number of hydrogen-bond acceptors (Lipinski definition) is 7. The number of nitrogens with one attached hydrogen (secondary N) is 2. The van der Waals surface area contributed by atoms with Gasteiger partial charge < -0.3 is 15.4 Å². The highest BCUT2D eigenvalue weighted by molar-refractivity contribution is 7.99. The first kappa shape index (κ1) is 16.1. The van der Waals surface area contributed by atoms with E-state index in [1.807, 2.05) is 25.6 Å². The van der Waals surface area contributed by atoms with E-state index >= 15 is 0 Å². The Morgan fingerprint density at radius 3 is 2.67 bits per heavy atom. The lowest BCUT2D eigenvalue weighted by molar-refractivity contribution is 0.312. The minimum atomic E-state index is 0.378. The molecule has 0 amide bonds.